The van der Waals surface area contributed by atoms with Gasteiger partial charge in [0.05, 0.1) is 0 Å². The summed E-state index contributed by atoms with van der Waals surface area (Å²) in [7, 11) is 2.09. The summed E-state index contributed by atoms with van der Waals surface area (Å²) in [6, 6.07) is 7.27. The molecule has 1 heterocycles. The molecule has 1 aromatic carbocycles. The van der Waals surface area contributed by atoms with Crippen molar-refractivity contribution in [2.45, 2.75) is 53.0 Å². The van der Waals surface area contributed by atoms with Crippen LogP contribution in [0.2, 0.25) is 0 Å². The summed E-state index contributed by atoms with van der Waals surface area (Å²) in [5.74, 6) is 0. The Morgan fingerprint density at radius 2 is 1.95 bits per heavy atom. The Labute approximate surface area is 130 Å². The molecule has 21 heavy (non-hydrogen) atoms. The lowest BCUT2D eigenvalue weighted by molar-refractivity contribution is 0.240. The number of rotatable bonds is 4. The first-order valence-corrected chi connectivity index (χ1v) is 8.38. The van der Waals surface area contributed by atoms with Crippen LogP contribution in [-0.4, -0.2) is 31.6 Å². The fourth-order valence-corrected chi connectivity index (χ4v) is 3.48. The molecule has 1 aliphatic heterocycles. The van der Waals surface area contributed by atoms with Gasteiger partial charge in [-0.15, -0.1) is 0 Å². The van der Waals surface area contributed by atoms with E-state index in [0.717, 1.165) is 6.54 Å². The number of hydrogen-bond acceptors (Lipinski definition) is 2. The second kappa shape index (κ2) is 6.93. The van der Waals surface area contributed by atoms with Crippen molar-refractivity contribution in [2.24, 2.45) is 5.41 Å². The summed E-state index contributed by atoms with van der Waals surface area (Å²) in [6.07, 6.45) is 4.00. The molecule has 2 nitrogen and oxygen atoms in total. The number of benzene rings is 1. The van der Waals surface area contributed by atoms with E-state index in [9.17, 15) is 0 Å². The highest BCUT2D eigenvalue weighted by Crippen LogP contribution is 2.30. The molecule has 0 radical (unpaired) electrons. The van der Waals surface area contributed by atoms with Crippen molar-refractivity contribution in [1.82, 2.24) is 10.2 Å². The third-order valence-corrected chi connectivity index (χ3v) is 5.02. The normalized spacial score (nSPS) is 21.0. The molecule has 0 amide bonds. The summed E-state index contributed by atoms with van der Waals surface area (Å²) in [5, 5.41) is 3.53. The van der Waals surface area contributed by atoms with Crippen LogP contribution in [0.3, 0.4) is 0 Å². The predicted molar refractivity (Wildman–Crippen MR) is 91.8 cm³/mol. The zero-order chi connectivity index (χ0) is 15.5. The largest absolute Gasteiger partial charge is 0.312 e. The van der Waals surface area contributed by atoms with Crippen LogP contribution in [0, 0.1) is 19.3 Å². The van der Waals surface area contributed by atoms with Crippen LogP contribution < -0.4 is 5.32 Å². The second-order valence-corrected chi connectivity index (χ2v) is 7.52. The van der Waals surface area contributed by atoms with Crippen molar-refractivity contribution in [3.63, 3.8) is 0 Å². The lowest BCUT2D eigenvalue weighted by Gasteiger charge is -2.28. The van der Waals surface area contributed by atoms with E-state index in [1.165, 1.54) is 49.0 Å². The average molecular weight is 288 g/mol. The molecule has 118 valence electrons. The van der Waals surface area contributed by atoms with E-state index in [1.807, 2.05) is 0 Å². The minimum atomic E-state index is 0.437. The molecule has 1 unspecified atom stereocenters. The zero-order valence-corrected chi connectivity index (χ0v) is 14.5. The molecular formula is C19H32N2. The maximum absolute atomic E-state index is 3.53. The van der Waals surface area contributed by atoms with Crippen LogP contribution in [0.4, 0.5) is 0 Å². The van der Waals surface area contributed by atoms with Crippen LogP contribution in [0.5, 0.6) is 0 Å². The highest BCUT2D eigenvalue weighted by molar-refractivity contribution is 5.33. The predicted octanol–water partition coefficient (Wildman–Crippen LogP) is 4.08. The van der Waals surface area contributed by atoms with Crippen molar-refractivity contribution < 1.29 is 0 Å². The van der Waals surface area contributed by atoms with Gasteiger partial charge in [0, 0.05) is 12.6 Å². The van der Waals surface area contributed by atoms with Crippen LogP contribution in [-0.2, 0) is 0 Å². The quantitative estimate of drug-likeness (QED) is 0.898. The topological polar surface area (TPSA) is 15.3 Å². The molecule has 1 N–H and O–H groups in total. The second-order valence-electron chi connectivity index (χ2n) is 7.52. The number of aryl methyl sites for hydroxylation is 2. The Hall–Kier alpha value is -0.860. The lowest BCUT2D eigenvalue weighted by Crippen LogP contribution is -2.35. The molecule has 2 heteroatoms. The average Bonchev–Trinajstić information content (AvgIpc) is 2.58. The number of likely N-dealkylation sites (N-methyl/N-ethyl adjacent to an activating group) is 1. The van der Waals surface area contributed by atoms with E-state index in [2.05, 4.69) is 63.2 Å². The van der Waals surface area contributed by atoms with E-state index >= 15 is 0 Å². The van der Waals surface area contributed by atoms with E-state index in [1.54, 1.807) is 0 Å². The van der Waals surface area contributed by atoms with Crippen molar-refractivity contribution in [2.75, 3.05) is 26.7 Å². The molecule has 0 bridgehead atoms. The smallest absolute Gasteiger partial charge is 0.0449 e. The highest BCUT2D eigenvalue weighted by atomic mass is 15.1. The maximum Gasteiger partial charge on any atom is 0.0449 e. The SMILES string of the molecule is CNC(CN1CCCC(C)(C)CC1)c1ccc(C)cc1C. The first-order valence-electron chi connectivity index (χ1n) is 8.38. The third kappa shape index (κ3) is 4.55. The summed E-state index contributed by atoms with van der Waals surface area (Å²) in [6.45, 7) is 12.8. The first-order chi connectivity index (χ1) is 9.91. The summed E-state index contributed by atoms with van der Waals surface area (Å²) >= 11 is 0. The zero-order valence-electron chi connectivity index (χ0n) is 14.5. The van der Waals surface area contributed by atoms with Gasteiger partial charge in [-0.05, 0) is 69.8 Å². The highest BCUT2D eigenvalue weighted by Gasteiger charge is 2.24. The van der Waals surface area contributed by atoms with Gasteiger partial charge in [-0.1, -0.05) is 37.6 Å². The van der Waals surface area contributed by atoms with Crippen molar-refractivity contribution in [3.8, 4) is 0 Å². The molecule has 0 aromatic heterocycles. The molecule has 1 aliphatic rings. The standard InChI is InChI=1S/C19H32N2/c1-15-7-8-17(16(2)13-15)18(20-5)14-21-11-6-9-19(3,4)10-12-21/h7-8,13,18,20H,6,9-12,14H2,1-5H3. The molecule has 1 fully saturated rings. The Morgan fingerprint density at radius 3 is 2.62 bits per heavy atom. The van der Waals surface area contributed by atoms with Crippen LogP contribution in [0.1, 0.15) is 55.8 Å². The van der Waals surface area contributed by atoms with Gasteiger partial charge in [-0.2, -0.15) is 0 Å². The van der Waals surface area contributed by atoms with Crippen LogP contribution in [0.25, 0.3) is 0 Å². The van der Waals surface area contributed by atoms with E-state index in [-0.39, 0.29) is 0 Å². The Morgan fingerprint density at radius 1 is 1.19 bits per heavy atom. The molecule has 2 rings (SSSR count). The van der Waals surface area contributed by atoms with Gasteiger partial charge in [-0.25, -0.2) is 0 Å². The number of nitrogens with one attached hydrogen (secondary N) is 1. The summed E-state index contributed by atoms with van der Waals surface area (Å²) < 4.78 is 0. The summed E-state index contributed by atoms with van der Waals surface area (Å²) in [4.78, 5) is 2.65. The lowest BCUT2D eigenvalue weighted by atomic mass is 9.85. The maximum atomic E-state index is 3.53. The third-order valence-electron chi connectivity index (χ3n) is 5.02. The fourth-order valence-electron chi connectivity index (χ4n) is 3.48. The molecule has 1 aromatic rings. The fraction of sp³-hybridized carbons (Fsp3) is 0.684. The van der Waals surface area contributed by atoms with Crippen LogP contribution >= 0.6 is 0 Å². The van der Waals surface area contributed by atoms with E-state index in [0.29, 0.717) is 11.5 Å². The van der Waals surface area contributed by atoms with Gasteiger partial charge in [0.15, 0.2) is 0 Å². The van der Waals surface area contributed by atoms with Gasteiger partial charge in [0.1, 0.15) is 0 Å². The van der Waals surface area contributed by atoms with E-state index < -0.39 is 0 Å². The Kier molecular flexibility index (Phi) is 5.45. The minimum absolute atomic E-state index is 0.437. The minimum Gasteiger partial charge on any atom is -0.312 e. The van der Waals surface area contributed by atoms with Gasteiger partial charge >= 0.3 is 0 Å². The number of nitrogens with zero attached hydrogens (tertiary/aromatic N) is 1. The van der Waals surface area contributed by atoms with Crippen LogP contribution in [0.15, 0.2) is 18.2 Å². The molecule has 0 aliphatic carbocycles. The molecular weight excluding hydrogens is 256 g/mol. The van der Waals surface area contributed by atoms with Crippen molar-refractivity contribution in [3.05, 3.63) is 34.9 Å². The Balaban J connectivity index is 2.05. The van der Waals surface area contributed by atoms with Gasteiger partial charge in [0.2, 0.25) is 0 Å². The van der Waals surface area contributed by atoms with Gasteiger partial charge in [0.25, 0.3) is 0 Å². The molecule has 1 atom stereocenters. The van der Waals surface area contributed by atoms with E-state index in [4.69, 9.17) is 0 Å². The number of hydrogen-bond donors (Lipinski definition) is 1. The monoisotopic (exact) mass is 288 g/mol. The van der Waals surface area contributed by atoms with Crippen molar-refractivity contribution >= 4 is 0 Å². The van der Waals surface area contributed by atoms with Gasteiger partial charge in [-0.3, -0.25) is 0 Å². The number of likely N-dealkylation sites (tertiary alicyclic amines) is 1. The molecule has 0 saturated carbocycles. The molecule has 1 saturated heterocycles. The van der Waals surface area contributed by atoms with Gasteiger partial charge < -0.3 is 10.2 Å². The Bertz CT molecular complexity index is 465. The molecule has 0 spiro atoms. The first kappa shape index (κ1) is 16.5. The van der Waals surface area contributed by atoms with Crippen molar-refractivity contribution in [1.29, 1.82) is 0 Å². The summed E-state index contributed by atoms with van der Waals surface area (Å²) in [5.41, 5.74) is 4.72.